The molecule has 0 amide bonds. The second kappa shape index (κ2) is 6.26. The van der Waals surface area contributed by atoms with Crippen molar-refractivity contribution >= 4 is 11.8 Å². The molecule has 4 heteroatoms. The fourth-order valence-electron chi connectivity index (χ4n) is 1.93. The van der Waals surface area contributed by atoms with Gasteiger partial charge in [0, 0.05) is 16.2 Å². The van der Waals surface area contributed by atoms with Gasteiger partial charge >= 0.3 is 0 Å². The molecule has 2 atom stereocenters. The molecule has 0 aliphatic rings. The summed E-state index contributed by atoms with van der Waals surface area (Å²) in [6.07, 6.45) is 2.50. The minimum Gasteiger partial charge on any atom is -0.468 e. The Hall–Kier alpha value is -1.26. The molecule has 2 aromatic rings. The van der Waals surface area contributed by atoms with Gasteiger partial charge in [0.1, 0.15) is 11.6 Å². The topological polar surface area (TPSA) is 39.2 Å². The highest BCUT2D eigenvalue weighted by Gasteiger charge is 2.21. The molecular formula is C15H18FNOS. The average Bonchev–Trinajstić information content (AvgIpc) is 2.80. The zero-order valence-corrected chi connectivity index (χ0v) is 11.9. The maximum absolute atomic E-state index is 13.4. The molecule has 2 rings (SSSR count). The Balaban J connectivity index is 2.29. The van der Waals surface area contributed by atoms with E-state index >= 15 is 0 Å². The summed E-state index contributed by atoms with van der Waals surface area (Å²) < 4.78 is 18.7. The van der Waals surface area contributed by atoms with Crippen molar-refractivity contribution in [1.82, 2.24) is 0 Å². The van der Waals surface area contributed by atoms with Gasteiger partial charge < -0.3 is 10.2 Å². The van der Waals surface area contributed by atoms with Crippen LogP contribution >= 0.6 is 11.8 Å². The summed E-state index contributed by atoms with van der Waals surface area (Å²) in [6.45, 7) is 3.96. The molecule has 0 spiro atoms. The third-order valence-corrected chi connectivity index (χ3v) is 4.66. The molecule has 2 unspecified atom stereocenters. The van der Waals surface area contributed by atoms with Gasteiger partial charge in [-0.15, -0.1) is 11.8 Å². The van der Waals surface area contributed by atoms with Crippen molar-refractivity contribution in [1.29, 1.82) is 0 Å². The van der Waals surface area contributed by atoms with Crippen LogP contribution in [0.25, 0.3) is 0 Å². The first-order valence-corrected chi connectivity index (χ1v) is 7.21. The molecule has 102 valence electrons. The number of aryl methyl sites for hydroxylation is 1. The van der Waals surface area contributed by atoms with E-state index in [1.165, 1.54) is 6.07 Å². The van der Waals surface area contributed by atoms with Crippen LogP contribution in [0, 0.1) is 12.7 Å². The minimum absolute atomic E-state index is 0.0250. The molecule has 0 aliphatic carbocycles. The number of nitrogens with two attached hydrogens (primary N) is 1. The normalized spacial score (nSPS) is 14.3. The standard InChI is InChI=1S/C15H18FNOS/c1-3-13(17)15(11-5-4-6-12(16)9-11)19-14-7-8-18-10(14)2/h4-9,13,15H,3,17H2,1-2H3. The molecule has 0 bridgehead atoms. The lowest BCUT2D eigenvalue weighted by Gasteiger charge is -2.22. The van der Waals surface area contributed by atoms with E-state index in [4.69, 9.17) is 10.2 Å². The SMILES string of the molecule is CCC(N)C(Sc1ccoc1C)c1cccc(F)c1. The predicted molar refractivity (Wildman–Crippen MR) is 76.7 cm³/mol. The lowest BCUT2D eigenvalue weighted by molar-refractivity contribution is 0.526. The summed E-state index contributed by atoms with van der Waals surface area (Å²) in [5.74, 6) is 0.644. The molecule has 19 heavy (non-hydrogen) atoms. The minimum atomic E-state index is -0.227. The molecule has 0 fully saturated rings. The van der Waals surface area contributed by atoms with Gasteiger partial charge in [0.2, 0.25) is 0 Å². The molecule has 0 saturated carbocycles. The predicted octanol–water partition coefficient (Wildman–Crippen LogP) is 4.30. The lowest BCUT2D eigenvalue weighted by Crippen LogP contribution is -2.25. The van der Waals surface area contributed by atoms with Gasteiger partial charge in [-0.3, -0.25) is 0 Å². The Morgan fingerprint density at radius 1 is 1.37 bits per heavy atom. The van der Waals surface area contributed by atoms with E-state index in [0.717, 1.165) is 22.6 Å². The first-order chi connectivity index (χ1) is 9.11. The van der Waals surface area contributed by atoms with Crippen molar-refractivity contribution in [3.05, 3.63) is 53.7 Å². The number of benzene rings is 1. The van der Waals surface area contributed by atoms with Crippen LogP contribution in [0.15, 0.2) is 45.9 Å². The van der Waals surface area contributed by atoms with E-state index in [0.29, 0.717) is 0 Å². The van der Waals surface area contributed by atoms with Crippen molar-refractivity contribution in [3.8, 4) is 0 Å². The van der Waals surface area contributed by atoms with Crippen LogP contribution in [-0.2, 0) is 0 Å². The number of hydrogen-bond acceptors (Lipinski definition) is 3. The molecule has 2 nitrogen and oxygen atoms in total. The molecule has 0 aliphatic heterocycles. The van der Waals surface area contributed by atoms with Gasteiger partial charge in [0.15, 0.2) is 0 Å². The van der Waals surface area contributed by atoms with E-state index in [9.17, 15) is 4.39 Å². The van der Waals surface area contributed by atoms with Gasteiger partial charge in [-0.2, -0.15) is 0 Å². The van der Waals surface area contributed by atoms with Crippen molar-refractivity contribution < 1.29 is 8.81 Å². The Labute approximate surface area is 117 Å². The quantitative estimate of drug-likeness (QED) is 0.829. The van der Waals surface area contributed by atoms with Crippen molar-refractivity contribution in [2.24, 2.45) is 5.73 Å². The molecule has 2 N–H and O–H groups in total. The van der Waals surface area contributed by atoms with Crippen LogP contribution in [0.5, 0.6) is 0 Å². The number of hydrogen-bond donors (Lipinski definition) is 1. The Kier molecular flexibility index (Phi) is 4.66. The number of furan rings is 1. The summed E-state index contributed by atoms with van der Waals surface area (Å²) in [5, 5.41) is 0.0250. The highest BCUT2D eigenvalue weighted by atomic mass is 32.2. The van der Waals surface area contributed by atoms with E-state index in [2.05, 4.69) is 0 Å². The number of rotatable bonds is 5. The molecule has 1 heterocycles. The molecule has 0 saturated heterocycles. The zero-order chi connectivity index (χ0) is 13.8. The van der Waals surface area contributed by atoms with E-state index in [-0.39, 0.29) is 17.1 Å². The Morgan fingerprint density at radius 3 is 2.74 bits per heavy atom. The van der Waals surface area contributed by atoms with E-state index in [1.807, 2.05) is 26.0 Å². The third kappa shape index (κ3) is 3.39. The lowest BCUT2D eigenvalue weighted by atomic mass is 10.0. The smallest absolute Gasteiger partial charge is 0.123 e. The second-order valence-electron chi connectivity index (χ2n) is 4.51. The summed E-state index contributed by atoms with van der Waals surface area (Å²) in [4.78, 5) is 1.05. The molecule has 0 radical (unpaired) electrons. The van der Waals surface area contributed by atoms with Gasteiger partial charge in [-0.1, -0.05) is 19.1 Å². The zero-order valence-electron chi connectivity index (χ0n) is 11.1. The maximum atomic E-state index is 13.4. The monoisotopic (exact) mass is 279 g/mol. The molecule has 1 aromatic carbocycles. The van der Waals surface area contributed by atoms with Crippen LogP contribution in [0.1, 0.15) is 29.9 Å². The molecular weight excluding hydrogens is 261 g/mol. The van der Waals surface area contributed by atoms with Gasteiger partial charge in [0.25, 0.3) is 0 Å². The number of halogens is 1. The fraction of sp³-hybridized carbons (Fsp3) is 0.333. The second-order valence-corrected chi connectivity index (χ2v) is 5.69. The first kappa shape index (κ1) is 14.2. The summed E-state index contributed by atoms with van der Waals surface area (Å²) in [6, 6.07) is 8.55. The van der Waals surface area contributed by atoms with Crippen LogP contribution in [-0.4, -0.2) is 6.04 Å². The average molecular weight is 279 g/mol. The summed E-state index contributed by atoms with van der Waals surface area (Å²) >= 11 is 1.63. The van der Waals surface area contributed by atoms with Crippen molar-refractivity contribution in [2.75, 3.05) is 0 Å². The molecule has 1 aromatic heterocycles. The van der Waals surface area contributed by atoms with Crippen LogP contribution in [0.4, 0.5) is 4.39 Å². The largest absolute Gasteiger partial charge is 0.468 e. The van der Waals surface area contributed by atoms with Crippen molar-refractivity contribution in [3.63, 3.8) is 0 Å². The van der Waals surface area contributed by atoms with Crippen LogP contribution in [0.2, 0.25) is 0 Å². The fourth-order valence-corrected chi connectivity index (χ4v) is 3.20. The van der Waals surface area contributed by atoms with E-state index < -0.39 is 0 Å². The number of thioether (sulfide) groups is 1. The highest BCUT2D eigenvalue weighted by Crippen LogP contribution is 2.39. The van der Waals surface area contributed by atoms with E-state index in [1.54, 1.807) is 30.2 Å². The van der Waals surface area contributed by atoms with Gasteiger partial charge in [-0.25, -0.2) is 4.39 Å². The third-order valence-electron chi connectivity index (χ3n) is 3.10. The summed E-state index contributed by atoms with van der Waals surface area (Å²) in [7, 11) is 0. The van der Waals surface area contributed by atoms with Gasteiger partial charge in [0.05, 0.1) is 6.26 Å². The Bertz CT molecular complexity index is 540. The summed E-state index contributed by atoms with van der Waals surface area (Å²) in [5.41, 5.74) is 7.11. The van der Waals surface area contributed by atoms with Crippen molar-refractivity contribution in [2.45, 2.75) is 36.5 Å². The Morgan fingerprint density at radius 2 is 2.16 bits per heavy atom. The first-order valence-electron chi connectivity index (χ1n) is 6.33. The van der Waals surface area contributed by atoms with Crippen LogP contribution in [0.3, 0.4) is 0 Å². The van der Waals surface area contributed by atoms with Gasteiger partial charge in [-0.05, 0) is 37.1 Å². The maximum Gasteiger partial charge on any atom is 0.123 e. The highest BCUT2D eigenvalue weighted by molar-refractivity contribution is 7.99. The van der Waals surface area contributed by atoms with Crippen LogP contribution < -0.4 is 5.73 Å².